The van der Waals surface area contributed by atoms with Crippen molar-refractivity contribution in [2.75, 3.05) is 18.5 Å². The van der Waals surface area contributed by atoms with E-state index in [-0.39, 0.29) is 17.8 Å². The molecule has 6 heteroatoms. The molecule has 1 aromatic carbocycles. The Bertz CT molecular complexity index is 790. The average molecular weight is 358 g/mol. The van der Waals surface area contributed by atoms with Crippen LogP contribution in [0.2, 0.25) is 5.02 Å². The third-order valence-corrected chi connectivity index (χ3v) is 5.24. The Hall–Kier alpha value is -1.98. The van der Waals surface area contributed by atoms with Crippen LogP contribution in [-0.2, 0) is 11.2 Å². The molecule has 0 amide bonds. The standard InChI is InChI=1S/C19H20ClN3O2/c20-16-6-2-1-5-14(16)12-8-17-15(18(24)9-12)11-22-19(23-17)21-10-13-4-3-7-25-13/h1-2,5-6,11-13H,3-4,7-10H2,(H,21,22,23)/t12-,13-/m1/s1. The molecule has 1 saturated heterocycles. The molecule has 1 fully saturated rings. The fourth-order valence-electron chi connectivity index (χ4n) is 3.57. The van der Waals surface area contributed by atoms with Crippen LogP contribution in [0, 0.1) is 0 Å². The van der Waals surface area contributed by atoms with Gasteiger partial charge < -0.3 is 10.1 Å². The summed E-state index contributed by atoms with van der Waals surface area (Å²) in [6.07, 6.45) is 5.17. The number of carbonyl (C=O) groups excluding carboxylic acids is 1. The van der Waals surface area contributed by atoms with E-state index in [1.54, 1.807) is 6.20 Å². The Morgan fingerprint density at radius 2 is 2.16 bits per heavy atom. The first-order valence-corrected chi connectivity index (χ1v) is 9.07. The van der Waals surface area contributed by atoms with Crippen LogP contribution in [0.15, 0.2) is 30.5 Å². The molecule has 0 radical (unpaired) electrons. The van der Waals surface area contributed by atoms with Crippen molar-refractivity contribution in [2.24, 2.45) is 0 Å². The molecule has 25 heavy (non-hydrogen) atoms. The molecule has 2 heterocycles. The molecule has 1 aromatic heterocycles. The molecular formula is C19H20ClN3O2. The third kappa shape index (κ3) is 3.53. The second-order valence-electron chi connectivity index (χ2n) is 6.62. The van der Waals surface area contributed by atoms with E-state index in [9.17, 15) is 4.79 Å². The van der Waals surface area contributed by atoms with Crippen molar-refractivity contribution in [3.8, 4) is 0 Å². The van der Waals surface area contributed by atoms with Gasteiger partial charge >= 0.3 is 0 Å². The first-order chi connectivity index (χ1) is 12.2. The number of hydrogen-bond donors (Lipinski definition) is 1. The van der Waals surface area contributed by atoms with Crippen LogP contribution in [-0.4, -0.2) is 35.0 Å². The molecule has 1 N–H and O–H groups in total. The number of nitrogens with one attached hydrogen (secondary N) is 1. The summed E-state index contributed by atoms with van der Waals surface area (Å²) in [4.78, 5) is 21.4. The third-order valence-electron chi connectivity index (χ3n) is 4.90. The molecule has 2 aliphatic rings. The van der Waals surface area contributed by atoms with E-state index in [2.05, 4.69) is 15.3 Å². The van der Waals surface area contributed by atoms with E-state index in [0.29, 0.717) is 35.9 Å². The normalized spacial score (nSPS) is 22.7. The van der Waals surface area contributed by atoms with Gasteiger partial charge in [-0.05, 0) is 36.8 Å². The number of anilines is 1. The molecular weight excluding hydrogens is 338 g/mol. The molecule has 1 aliphatic heterocycles. The van der Waals surface area contributed by atoms with Gasteiger partial charge in [-0.15, -0.1) is 0 Å². The number of carbonyl (C=O) groups is 1. The van der Waals surface area contributed by atoms with Gasteiger partial charge in [0, 0.05) is 30.8 Å². The van der Waals surface area contributed by atoms with E-state index in [1.807, 2.05) is 24.3 Å². The zero-order chi connectivity index (χ0) is 17.2. The average Bonchev–Trinajstić information content (AvgIpc) is 3.13. The number of Topliss-reactive ketones (excluding diaryl/α,β-unsaturated/α-hetero) is 1. The largest absolute Gasteiger partial charge is 0.376 e. The van der Waals surface area contributed by atoms with Gasteiger partial charge in [-0.2, -0.15) is 0 Å². The zero-order valence-electron chi connectivity index (χ0n) is 13.9. The van der Waals surface area contributed by atoms with Gasteiger partial charge in [-0.1, -0.05) is 29.8 Å². The van der Waals surface area contributed by atoms with Gasteiger partial charge in [0.05, 0.1) is 17.4 Å². The summed E-state index contributed by atoms with van der Waals surface area (Å²) in [5, 5.41) is 3.94. The van der Waals surface area contributed by atoms with Crippen LogP contribution in [0.5, 0.6) is 0 Å². The molecule has 0 bridgehead atoms. The Balaban J connectivity index is 1.53. The smallest absolute Gasteiger partial charge is 0.222 e. The van der Waals surface area contributed by atoms with Gasteiger partial charge in [0.25, 0.3) is 0 Å². The Morgan fingerprint density at radius 3 is 2.96 bits per heavy atom. The summed E-state index contributed by atoms with van der Waals surface area (Å²) in [7, 11) is 0. The molecule has 0 unspecified atom stereocenters. The van der Waals surface area contributed by atoms with E-state index in [4.69, 9.17) is 16.3 Å². The predicted molar refractivity (Wildman–Crippen MR) is 96.3 cm³/mol. The molecule has 2 aromatic rings. The van der Waals surface area contributed by atoms with Gasteiger partial charge in [0.2, 0.25) is 5.95 Å². The second-order valence-corrected chi connectivity index (χ2v) is 7.03. The molecule has 130 valence electrons. The number of rotatable bonds is 4. The summed E-state index contributed by atoms with van der Waals surface area (Å²) in [6.45, 7) is 1.52. The lowest BCUT2D eigenvalue weighted by Gasteiger charge is -2.24. The minimum absolute atomic E-state index is 0.0645. The lowest BCUT2D eigenvalue weighted by atomic mass is 9.82. The second kappa shape index (κ2) is 7.10. The number of halogens is 1. The first-order valence-electron chi connectivity index (χ1n) is 8.69. The predicted octanol–water partition coefficient (Wildman–Crippen LogP) is 3.63. The highest BCUT2D eigenvalue weighted by Crippen LogP contribution is 2.35. The van der Waals surface area contributed by atoms with Gasteiger partial charge in [0.15, 0.2) is 5.78 Å². The van der Waals surface area contributed by atoms with Crippen LogP contribution in [0.3, 0.4) is 0 Å². The minimum atomic E-state index is 0.0645. The highest BCUT2D eigenvalue weighted by atomic mass is 35.5. The van der Waals surface area contributed by atoms with Crippen LogP contribution in [0.1, 0.15) is 46.8 Å². The molecule has 0 spiro atoms. The Morgan fingerprint density at radius 1 is 1.28 bits per heavy atom. The van der Waals surface area contributed by atoms with Crippen molar-refractivity contribution >= 4 is 23.3 Å². The van der Waals surface area contributed by atoms with Gasteiger partial charge in [0.1, 0.15) is 0 Å². The van der Waals surface area contributed by atoms with Crippen LogP contribution in [0.25, 0.3) is 0 Å². The van der Waals surface area contributed by atoms with Crippen LogP contribution < -0.4 is 5.32 Å². The number of ketones is 1. The van der Waals surface area contributed by atoms with Crippen molar-refractivity contribution in [3.05, 3.63) is 52.3 Å². The molecule has 5 nitrogen and oxygen atoms in total. The maximum Gasteiger partial charge on any atom is 0.222 e. The number of aromatic nitrogens is 2. The summed E-state index contributed by atoms with van der Waals surface area (Å²) >= 11 is 6.32. The van der Waals surface area contributed by atoms with Crippen molar-refractivity contribution in [1.29, 1.82) is 0 Å². The number of benzene rings is 1. The van der Waals surface area contributed by atoms with E-state index < -0.39 is 0 Å². The summed E-state index contributed by atoms with van der Waals surface area (Å²) in [5.74, 6) is 0.702. The van der Waals surface area contributed by atoms with E-state index in [1.165, 1.54) is 0 Å². The van der Waals surface area contributed by atoms with E-state index >= 15 is 0 Å². The number of ether oxygens (including phenoxy) is 1. The highest BCUT2D eigenvalue weighted by molar-refractivity contribution is 6.31. The Kier molecular flexibility index (Phi) is 4.68. The summed E-state index contributed by atoms with van der Waals surface area (Å²) in [6, 6.07) is 7.71. The van der Waals surface area contributed by atoms with Crippen LogP contribution >= 0.6 is 11.6 Å². The molecule has 2 atom stereocenters. The molecule has 1 aliphatic carbocycles. The lowest BCUT2D eigenvalue weighted by molar-refractivity contribution is 0.0962. The van der Waals surface area contributed by atoms with Crippen molar-refractivity contribution in [3.63, 3.8) is 0 Å². The summed E-state index contributed by atoms with van der Waals surface area (Å²) < 4.78 is 5.61. The van der Waals surface area contributed by atoms with Crippen LogP contribution in [0.4, 0.5) is 5.95 Å². The quantitative estimate of drug-likeness (QED) is 0.905. The number of fused-ring (bicyclic) bond motifs is 1. The fourth-order valence-corrected chi connectivity index (χ4v) is 3.86. The molecule has 4 rings (SSSR count). The lowest BCUT2D eigenvalue weighted by Crippen LogP contribution is -2.23. The minimum Gasteiger partial charge on any atom is -0.376 e. The summed E-state index contributed by atoms with van der Waals surface area (Å²) in [5.41, 5.74) is 2.44. The monoisotopic (exact) mass is 357 g/mol. The van der Waals surface area contributed by atoms with Crippen molar-refractivity contribution < 1.29 is 9.53 Å². The Labute approximate surface area is 151 Å². The molecule has 0 saturated carbocycles. The van der Waals surface area contributed by atoms with Crippen molar-refractivity contribution in [2.45, 2.75) is 37.7 Å². The number of nitrogens with zero attached hydrogens (tertiary/aromatic N) is 2. The van der Waals surface area contributed by atoms with E-state index in [0.717, 1.165) is 30.7 Å². The van der Waals surface area contributed by atoms with Gasteiger partial charge in [-0.3, -0.25) is 4.79 Å². The SMILES string of the molecule is O=C1C[C@H](c2ccccc2Cl)Cc2nc(NC[C@H]3CCCO3)ncc21. The highest BCUT2D eigenvalue weighted by Gasteiger charge is 2.29. The maximum absolute atomic E-state index is 12.5. The first kappa shape index (κ1) is 16.5. The number of hydrogen-bond acceptors (Lipinski definition) is 5. The maximum atomic E-state index is 12.5. The topological polar surface area (TPSA) is 64.1 Å². The van der Waals surface area contributed by atoms with Gasteiger partial charge in [-0.25, -0.2) is 9.97 Å². The van der Waals surface area contributed by atoms with Crippen molar-refractivity contribution in [1.82, 2.24) is 9.97 Å². The fraction of sp³-hybridized carbons (Fsp3) is 0.421. The zero-order valence-corrected chi connectivity index (χ0v) is 14.6.